The molecule has 0 aromatic heterocycles. The van der Waals surface area contributed by atoms with E-state index < -0.39 is 48.3 Å². The molecule has 0 heterocycles. The Morgan fingerprint density at radius 3 is 2.03 bits per heavy atom. The van der Waals surface area contributed by atoms with Gasteiger partial charge in [-0.3, -0.25) is 19.2 Å². The SMILES string of the molecule is O=C(O)CNC(=O)C(CS)NC(=O)CCC(NC(=O)c1ccc(CCc2ccc(O)c(O)c2)cc1)C(=O)O. The molecule has 2 aromatic rings. The van der Waals surface area contributed by atoms with E-state index in [-0.39, 0.29) is 35.7 Å². The van der Waals surface area contributed by atoms with Crippen molar-refractivity contribution in [1.29, 1.82) is 0 Å². The molecular formula is C25H29N3O9S. The van der Waals surface area contributed by atoms with E-state index >= 15 is 0 Å². The Hall–Kier alpha value is -4.26. The zero-order valence-corrected chi connectivity index (χ0v) is 21.1. The Morgan fingerprint density at radius 1 is 0.816 bits per heavy atom. The van der Waals surface area contributed by atoms with Crippen LogP contribution in [0.3, 0.4) is 0 Å². The van der Waals surface area contributed by atoms with Crippen LogP contribution in [0.4, 0.5) is 0 Å². The summed E-state index contributed by atoms with van der Waals surface area (Å²) in [4.78, 5) is 58.9. The third-order valence-electron chi connectivity index (χ3n) is 5.47. The van der Waals surface area contributed by atoms with Gasteiger partial charge in [0.15, 0.2) is 11.5 Å². The molecule has 0 saturated heterocycles. The second-order valence-corrected chi connectivity index (χ2v) is 8.70. The average molecular weight is 548 g/mol. The van der Waals surface area contributed by atoms with E-state index in [1.165, 1.54) is 24.3 Å². The molecule has 2 unspecified atom stereocenters. The Labute approximate surface area is 223 Å². The average Bonchev–Trinajstić information content (AvgIpc) is 2.88. The molecule has 0 saturated carbocycles. The fraction of sp³-hybridized carbons (Fsp3) is 0.320. The number of aliphatic carboxylic acids is 2. The fourth-order valence-corrected chi connectivity index (χ4v) is 3.61. The summed E-state index contributed by atoms with van der Waals surface area (Å²) in [5, 5.41) is 43.9. The molecule has 2 atom stereocenters. The predicted octanol–water partition coefficient (Wildman–Crippen LogP) is 0.462. The number of carbonyl (C=O) groups excluding carboxylic acids is 3. The molecule has 0 aliphatic carbocycles. The van der Waals surface area contributed by atoms with Gasteiger partial charge in [-0.15, -0.1) is 0 Å². The van der Waals surface area contributed by atoms with Crippen LogP contribution in [0.2, 0.25) is 0 Å². The normalized spacial score (nSPS) is 12.1. The highest BCUT2D eigenvalue weighted by Crippen LogP contribution is 2.25. The van der Waals surface area contributed by atoms with Gasteiger partial charge in [0.2, 0.25) is 11.8 Å². The lowest BCUT2D eigenvalue weighted by Gasteiger charge is -2.17. The maximum absolute atomic E-state index is 12.6. The summed E-state index contributed by atoms with van der Waals surface area (Å²) in [5.74, 6) is -5.17. The molecular weight excluding hydrogens is 518 g/mol. The van der Waals surface area contributed by atoms with Crippen molar-refractivity contribution in [3.8, 4) is 11.5 Å². The first-order chi connectivity index (χ1) is 18.0. The van der Waals surface area contributed by atoms with E-state index in [1.54, 1.807) is 18.2 Å². The molecule has 2 aromatic carbocycles. The number of thiol groups is 1. The van der Waals surface area contributed by atoms with E-state index in [1.807, 2.05) is 0 Å². The fourth-order valence-electron chi connectivity index (χ4n) is 3.36. The number of rotatable bonds is 14. The van der Waals surface area contributed by atoms with Gasteiger partial charge in [0, 0.05) is 17.7 Å². The molecule has 13 heteroatoms. The largest absolute Gasteiger partial charge is 0.504 e. The lowest BCUT2D eigenvalue weighted by atomic mass is 10.0. The maximum Gasteiger partial charge on any atom is 0.326 e. The monoisotopic (exact) mass is 547 g/mol. The number of carboxylic acids is 2. The van der Waals surface area contributed by atoms with Crippen LogP contribution in [-0.2, 0) is 32.0 Å². The number of hydrogen-bond donors (Lipinski definition) is 8. The second kappa shape index (κ2) is 14.5. The molecule has 0 aliphatic rings. The van der Waals surface area contributed by atoms with Gasteiger partial charge in [-0.25, -0.2) is 4.79 Å². The van der Waals surface area contributed by atoms with E-state index in [0.29, 0.717) is 12.8 Å². The molecule has 2 rings (SSSR count). The zero-order valence-electron chi connectivity index (χ0n) is 20.2. The Morgan fingerprint density at radius 2 is 1.45 bits per heavy atom. The van der Waals surface area contributed by atoms with Crippen LogP contribution >= 0.6 is 12.6 Å². The van der Waals surface area contributed by atoms with Crippen molar-refractivity contribution >= 4 is 42.3 Å². The first-order valence-corrected chi connectivity index (χ1v) is 12.2. The van der Waals surface area contributed by atoms with Crippen LogP contribution in [-0.4, -0.2) is 74.5 Å². The summed E-state index contributed by atoms with van der Waals surface area (Å²) in [6, 6.07) is 8.59. The second-order valence-electron chi connectivity index (χ2n) is 8.34. The van der Waals surface area contributed by atoms with Crippen LogP contribution in [0.15, 0.2) is 42.5 Å². The Bertz CT molecular complexity index is 1170. The summed E-state index contributed by atoms with van der Waals surface area (Å²) in [7, 11) is 0. The van der Waals surface area contributed by atoms with Crippen LogP contribution < -0.4 is 16.0 Å². The van der Waals surface area contributed by atoms with Crippen molar-refractivity contribution in [3.05, 3.63) is 59.2 Å². The number of carbonyl (C=O) groups is 5. The van der Waals surface area contributed by atoms with Gasteiger partial charge in [-0.05, 0) is 54.7 Å². The van der Waals surface area contributed by atoms with Gasteiger partial charge in [0.05, 0.1) is 0 Å². The van der Waals surface area contributed by atoms with E-state index in [2.05, 4.69) is 28.6 Å². The smallest absolute Gasteiger partial charge is 0.326 e. The summed E-state index contributed by atoms with van der Waals surface area (Å²) in [6.45, 7) is -0.629. The summed E-state index contributed by atoms with van der Waals surface area (Å²) in [6.07, 6.45) is 0.610. The third kappa shape index (κ3) is 9.65. The highest BCUT2D eigenvalue weighted by atomic mass is 32.1. The molecule has 0 spiro atoms. The van der Waals surface area contributed by atoms with Gasteiger partial charge in [-0.1, -0.05) is 18.2 Å². The number of amides is 3. The predicted molar refractivity (Wildman–Crippen MR) is 138 cm³/mol. The number of nitrogens with one attached hydrogen (secondary N) is 3. The lowest BCUT2D eigenvalue weighted by Crippen LogP contribution is -2.49. The minimum atomic E-state index is -1.37. The van der Waals surface area contributed by atoms with Crippen LogP contribution in [0.5, 0.6) is 11.5 Å². The Kier molecular flexibility index (Phi) is 11.4. The van der Waals surface area contributed by atoms with E-state index in [9.17, 15) is 39.3 Å². The van der Waals surface area contributed by atoms with Crippen LogP contribution in [0, 0.1) is 0 Å². The number of aromatic hydroxyl groups is 2. The molecule has 204 valence electrons. The number of phenols is 2. The highest BCUT2D eigenvalue weighted by Gasteiger charge is 2.24. The van der Waals surface area contributed by atoms with Gasteiger partial charge in [0.1, 0.15) is 18.6 Å². The summed E-state index contributed by atoms with van der Waals surface area (Å²) in [5.41, 5.74) is 1.93. The minimum Gasteiger partial charge on any atom is -0.504 e. The van der Waals surface area contributed by atoms with Crippen molar-refractivity contribution < 1.29 is 44.4 Å². The third-order valence-corrected chi connectivity index (χ3v) is 5.84. The standard InChI is InChI=1S/C25H29N3O9S/c29-19-9-5-15(11-20(19)30)2-1-14-3-6-16(7-4-14)23(34)28-17(25(36)37)8-10-21(31)27-18(13-38)24(35)26-12-22(32)33/h3-7,9,11,17-18,29-30,38H,1-2,8,10,12-13H2,(H,26,35)(H,27,31)(H,28,34)(H,32,33)(H,36,37). The summed E-state index contributed by atoms with van der Waals surface area (Å²) >= 11 is 3.95. The lowest BCUT2D eigenvalue weighted by molar-refractivity contribution is -0.139. The molecule has 38 heavy (non-hydrogen) atoms. The number of aryl methyl sites for hydroxylation is 2. The molecule has 7 N–H and O–H groups in total. The number of hydrogen-bond acceptors (Lipinski definition) is 8. The van der Waals surface area contributed by atoms with Crippen molar-refractivity contribution in [2.24, 2.45) is 0 Å². The first kappa shape index (κ1) is 30.0. The van der Waals surface area contributed by atoms with Crippen molar-refractivity contribution in [2.45, 2.75) is 37.8 Å². The Balaban J connectivity index is 1.88. The van der Waals surface area contributed by atoms with Gasteiger partial charge >= 0.3 is 11.9 Å². The number of carboxylic acid groups (broad SMARTS) is 2. The summed E-state index contributed by atoms with van der Waals surface area (Å²) < 4.78 is 0. The van der Waals surface area contributed by atoms with E-state index in [0.717, 1.165) is 11.1 Å². The number of benzene rings is 2. The van der Waals surface area contributed by atoms with Crippen LogP contribution in [0.25, 0.3) is 0 Å². The van der Waals surface area contributed by atoms with Crippen molar-refractivity contribution in [3.63, 3.8) is 0 Å². The highest BCUT2D eigenvalue weighted by molar-refractivity contribution is 7.80. The van der Waals surface area contributed by atoms with Crippen LogP contribution in [0.1, 0.15) is 34.3 Å². The van der Waals surface area contributed by atoms with Gasteiger partial charge in [-0.2, -0.15) is 12.6 Å². The minimum absolute atomic E-state index is 0.107. The molecule has 12 nitrogen and oxygen atoms in total. The van der Waals surface area contributed by atoms with Gasteiger partial charge < -0.3 is 36.4 Å². The van der Waals surface area contributed by atoms with E-state index in [4.69, 9.17) is 5.11 Å². The van der Waals surface area contributed by atoms with Crippen molar-refractivity contribution in [2.75, 3.05) is 12.3 Å². The number of phenolic OH excluding ortho intramolecular Hbond substituents is 2. The molecule has 0 radical (unpaired) electrons. The van der Waals surface area contributed by atoms with Crippen molar-refractivity contribution in [1.82, 2.24) is 16.0 Å². The molecule has 0 fully saturated rings. The molecule has 0 aliphatic heterocycles. The van der Waals surface area contributed by atoms with Gasteiger partial charge in [0.25, 0.3) is 5.91 Å². The molecule has 3 amide bonds. The topological polar surface area (TPSA) is 202 Å². The quantitative estimate of drug-likeness (QED) is 0.122. The zero-order chi connectivity index (χ0) is 28.2. The molecule has 0 bridgehead atoms. The first-order valence-electron chi connectivity index (χ1n) is 11.5. The maximum atomic E-state index is 12.6.